The normalized spacial score (nSPS) is 14.9. The number of nitrogens with zero attached hydrogens (tertiary/aromatic N) is 3. The van der Waals surface area contributed by atoms with Gasteiger partial charge in [-0.05, 0) is 36.1 Å². The van der Waals surface area contributed by atoms with Gasteiger partial charge < -0.3 is 24.4 Å². The number of nitrogens with one attached hydrogen (secondary N) is 1. The van der Waals surface area contributed by atoms with E-state index in [1.54, 1.807) is 21.3 Å². The molecule has 0 amide bonds. The van der Waals surface area contributed by atoms with Gasteiger partial charge in [0.05, 0.1) is 21.3 Å². The van der Waals surface area contributed by atoms with E-state index in [4.69, 9.17) is 14.2 Å². The second-order valence-electron chi connectivity index (χ2n) is 6.62. The van der Waals surface area contributed by atoms with Gasteiger partial charge >= 0.3 is 0 Å². The Hall–Kier alpha value is -1.07. The van der Waals surface area contributed by atoms with Gasteiger partial charge in [0.2, 0.25) is 5.75 Å². The summed E-state index contributed by atoms with van der Waals surface area (Å²) in [5.41, 5.74) is 1.16. The summed E-state index contributed by atoms with van der Waals surface area (Å²) in [6.45, 7) is 5.73. The minimum Gasteiger partial charge on any atom is -0.493 e. The van der Waals surface area contributed by atoms with E-state index in [0.29, 0.717) is 17.2 Å². The second kappa shape index (κ2) is 14.0. The number of ether oxygens (including phenoxy) is 3. The summed E-state index contributed by atoms with van der Waals surface area (Å²) in [7, 11) is 6.79. The van der Waals surface area contributed by atoms with Crippen LogP contribution in [0.15, 0.2) is 17.1 Å². The zero-order valence-corrected chi connectivity index (χ0v) is 21.3. The third-order valence-electron chi connectivity index (χ3n) is 4.82. The molecule has 0 saturated carbocycles. The zero-order chi connectivity index (χ0) is 20.4. The van der Waals surface area contributed by atoms with Crippen molar-refractivity contribution < 1.29 is 14.2 Å². The molecule has 0 spiro atoms. The molecular weight excluding hydrogens is 503 g/mol. The molecule has 0 radical (unpaired) electrons. The first-order valence-electron chi connectivity index (χ1n) is 9.62. The first-order valence-corrected chi connectivity index (χ1v) is 11.0. The van der Waals surface area contributed by atoms with Crippen LogP contribution in [-0.2, 0) is 6.54 Å². The monoisotopic (exact) mass is 538 g/mol. The fraction of sp³-hybridized carbons (Fsp3) is 0.650. The summed E-state index contributed by atoms with van der Waals surface area (Å²) in [5, 5.41) is 3.48. The number of hydrogen-bond donors (Lipinski definition) is 1. The van der Waals surface area contributed by atoms with Crippen LogP contribution in [-0.4, -0.2) is 88.9 Å². The van der Waals surface area contributed by atoms with E-state index < -0.39 is 0 Å². The predicted octanol–water partition coefficient (Wildman–Crippen LogP) is 2.78. The van der Waals surface area contributed by atoms with Gasteiger partial charge in [-0.2, -0.15) is 11.8 Å². The van der Waals surface area contributed by atoms with Crippen molar-refractivity contribution in [3.05, 3.63) is 17.7 Å². The molecule has 7 nitrogen and oxygen atoms in total. The van der Waals surface area contributed by atoms with Crippen LogP contribution in [0.3, 0.4) is 0 Å². The fourth-order valence-corrected chi connectivity index (χ4v) is 3.78. The van der Waals surface area contributed by atoms with E-state index in [1.165, 1.54) is 5.75 Å². The lowest BCUT2D eigenvalue weighted by atomic mass is 10.1. The molecule has 1 saturated heterocycles. The maximum absolute atomic E-state index is 5.47. The highest BCUT2D eigenvalue weighted by atomic mass is 127. The van der Waals surface area contributed by atoms with E-state index in [2.05, 4.69) is 26.4 Å². The van der Waals surface area contributed by atoms with Crippen LogP contribution in [0, 0.1) is 0 Å². The van der Waals surface area contributed by atoms with Crippen molar-refractivity contribution in [1.29, 1.82) is 0 Å². The number of methoxy groups -OCH3 is 3. The summed E-state index contributed by atoms with van der Waals surface area (Å²) < 4.78 is 16.4. The van der Waals surface area contributed by atoms with E-state index >= 15 is 0 Å². The van der Waals surface area contributed by atoms with Crippen LogP contribution >= 0.6 is 35.7 Å². The summed E-state index contributed by atoms with van der Waals surface area (Å²) in [4.78, 5) is 9.22. The first-order chi connectivity index (χ1) is 13.7. The van der Waals surface area contributed by atoms with Gasteiger partial charge in [0.15, 0.2) is 17.5 Å². The van der Waals surface area contributed by atoms with Crippen LogP contribution < -0.4 is 19.5 Å². The molecular formula is C20H35IN4O3S. The summed E-state index contributed by atoms with van der Waals surface area (Å²) >= 11 is 1.88. The average Bonchev–Trinajstić information content (AvgIpc) is 2.74. The lowest BCUT2D eigenvalue weighted by Gasteiger charge is -2.36. The molecule has 29 heavy (non-hydrogen) atoms. The van der Waals surface area contributed by atoms with E-state index in [-0.39, 0.29) is 24.0 Å². The topological polar surface area (TPSA) is 58.6 Å². The third-order valence-corrected chi connectivity index (χ3v) is 5.52. The highest BCUT2D eigenvalue weighted by Crippen LogP contribution is 2.38. The molecule has 1 aromatic rings. The molecule has 1 fully saturated rings. The molecule has 1 aliphatic rings. The predicted molar refractivity (Wildman–Crippen MR) is 133 cm³/mol. The molecule has 166 valence electrons. The summed E-state index contributed by atoms with van der Waals surface area (Å²) in [6.07, 6.45) is 3.29. The van der Waals surface area contributed by atoms with Crippen molar-refractivity contribution in [2.45, 2.75) is 13.0 Å². The molecule has 0 aliphatic carbocycles. The molecule has 9 heteroatoms. The van der Waals surface area contributed by atoms with Gasteiger partial charge in [0, 0.05) is 46.3 Å². The van der Waals surface area contributed by atoms with Gasteiger partial charge in [0.1, 0.15) is 0 Å². The fourth-order valence-electron chi connectivity index (χ4n) is 3.35. The lowest BCUT2D eigenvalue weighted by molar-refractivity contribution is 0.172. The van der Waals surface area contributed by atoms with Crippen molar-refractivity contribution >= 4 is 41.7 Å². The van der Waals surface area contributed by atoms with Gasteiger partial charge in [-0.1, -0.05) is 0 Å². The van der Waals surface area contributed by atoms with E-state index in [9.17, 15) is 0 Å². The highest BCUT2D eigenvalue weighted by molar-refractivity contribution is 14.0. The number of benzene rings is 1. The Morgan fingerprint density at radius 1 is 1.07 bits per heavy atom. The number of hydrogen-bond acceptors (Lipinski definition) is 6. The Labute approximate surface area is 196 Å². The third kappa shape index (κ3) is 7.60. The Morgan fingerprint density at radius 3 is 2.17 bits per heavy atom. The summed E-state index contributed by atoms with van der Waals surface area (Å²) in [5.74, 6) is 4.21. The number of halogens is 1. The number of guanidine groups is 1. The largest absolute Gasteiger partial charge is 0.493 e. The minimum atomic E-state index is 0. The van der Waals surface area contributed by atoms with Crippen molar-refractivity contribution in [3.8, 4) is 17.2 Å². The Bertz CT molecular complexity index is 615. The highest BCUT2D eigenvalue weighted by Gasteiger charge is 2.21. The SMILES string of the molecule is CN=C(NCCCSC)N1CCN(Cc2cc(OC)c(OC)c(OC)c2)CC1.I. The first kappa shape index (κ1) is 26.0. The van der Waals surface area contributed by atoms with Crippen LogP contribution in [0.2, 0.25) is 0 Å². The van der Waals surface area contributed by atoms with Crippen LogP contribution in [0.25, 0.3) is 0 Å². The van der Waals surface area contributed by atoms with E-state index in [1.807, 2.05) is 30.9 Å². The molecule has 1 heterocycles. The maximum Gasteiger partial charge on any atom is 0.203 e. The number of thioether (sulfide) groups is 1. The molecule has 0 unspecified atom stereocenters. The smallest absolute Gasteiger partial charge is 0.203 e. The van der Waals surface area contributed by atoms with Crippen molar-refractivity contribution in [2.75, 3.05) is 73.1 Å². The average molecular weight is 538 g/mol. The lowest BCUT2D eigenvalue weighted by Crippen LogP contribution is -2.52. The number of rotatable bonds is 9. The second-order valence-corrected chi connectivity index (χ2v) is 7.60. The van der Waals surface area contributed by atoms with Crippen molar-refractivity contribution in [3.63, 3.8) is 0 Å². The Balaban J connectivity index is 0.00000420. The number of aliphatic imine (C=N–C) groups is 1. The minimum absolute atomic E-state index is 0. The van der Waals surface area contributed by atoms with Crippen molar-refractivity contribution in [1.82, 2.24) is 15.1 Å². The van der Waals surface area contributed by atoms with Gasteiger partial charge in [-0.25, -0.2) is 0 Å². The maximum atomic E-state index is 5.47. The quantitative estimate of drug-likeness (QED) is 0.225. The summed E-state index contributed by atoms with van der Waals surface area (Å²) in [6, 6.07) is 4.06. The molecule has 0 atom stereocenters. The van der Waals surface area contributed by atoms with Gasteiger partial charge in [-0.15, -0.1) is 24.0 Å². The van der Waals surface area contributed by atoms with Crippen molar-refractivity contribution in [2.24, 2.45) is 4.99 Å². The Morgan fingerprint density at radius 2 is 1.69 bits per heavy atom. The van der Waals surface area contributed by atoms with Crippen LogP contribution in [0.5, 0.6) is 17.2 Å². The number of piperazine rings is 1. The van der Waals surface area contributed by atoms with Crippen LogP contribution in [0.4, 0.5) is 0 Å². The molecule has 2 rings (SSSR count). The zero-order valence-electron chi connectivity index (χ0n) is 18.2. The molecule has 1 N–H and O–H groups in total. The molecule has 1 aliphatic heterocycles. The molecule has 1 aromatic carbocycles. The molecule has 0 aromatic heterocycles. The van der Waals surface area contributed by atoms with Gasteiger partial charge in [0.25, 0.3) is 0 Å². The van der Waals surface area contributed by atoms with E-state index in [0.717, 1.165) is 57.2 Å². The standard InChI is InChI=1S/C20H34N4O3S.HI/c1-21-20(22-7-6-12-28-5)24-10-8-23(9-11-24)15-16-13-17(25-2)19(27-4)18(14-16)26-3;/h13-14H,6-12,15H2,1-5H3,(H,21,22);1H. The Kier molecular flexibility index (Phi) is 12.6. The van der Waals surface area contributed by atoms with Crippen LogP contribution in [0.1, 0.15) is 12.0 Å². The molecule has 0 bridgehead atoms. The van der Waals surface area contributed by atoms with Gasteiger partial charge in [-0.3, -0.25) is 9.89 Å².